The molecule has 0 unspecified atom stereocenters. The number of aliphatic hydroxyl groups is 1. The Bertz CT molecular complexity index is 389. The summed E-state index contributed by atoms with van der Waals surface area (Å²) < 4.78 is 12.7. The number of aliphatic carboxylic acids is 1. The molecule has 0 aliphatic rings. The largest absolute Gasteiger partial charge is 0.479 e. The molecule has 0 bridgehead atoms. The number of carboxylic acids is 1. The second-order valence-corrected chi connectivity index (χ2v) is 2.99. The molecule has 0 radical (unpaired) electrons. The Morgan fingerprint density at radius 3 is 2.60 bits per heavy atom. The van der Waals surface area contributed by atoms with Crippen LogP contribution in [0.4, 0.5) is 4.39 Å². The fraction of sp³-hybridized carbons (Fsp3) is 0.200. The van der Waals surface area contributed by atoms with E-state index in [1.165, 1.54) is 18.2 Å². The summed E-state index contributed by atoms with van der Waals surface area (Å²) in [6.07, 6.45) is -2.31. The van der Waals surface area contributed by atoms with Gasteiger partial charge in [-0.05, 0) is 12.1 Å². The average molecular weight is 212 g/mol. The molecule has 1 aromatic rings. The summed E-state index contributed by atoms with van der Waals surface area (Å²) in [6, 6.07) is 4.87. The van der Waals surface area contributed by atoms with E-state index in [1.54, 1.807) is 0 Å². The number of benzene rings is 1. The van der Waals surface area contributed by atoms with Crippen LogP contribution in [-0.4, -0.2) is 28.1 Å². The van der Waals surface area contributed by atoms with E-state index >= 15 is 0 Å². The summed E-state index contributed by atoms with van der Waals surface area (Å²) in [5, 5.41) is 17.3. The second-order valence-electron chi connectivity index (χ2n) is 2.99. The Kier molecular flexibility index (Phi) is 3.51. The van der Waals surface area contributed by atoms with Crippen LogP contribution in [0.25, 0.3) is 0 Å². The summed E-state index contributed by atoms with van der Waals surface area (Å²) >= 11 is 0. The van der Waals surface area contributed by atoms with Gasteiger partial charge in [-0.15, -0.1) is 0 Å². The van der Waals surface area contributed by atoms with Crippen LogP contribution in [-0.2, 0) is 4.79 Å². The van der Waals surface area contributed by atoms with Crippen molar-refractivity contribution in [3.63, 3.8) is 0 Å². The lowest BCUT2D eigenvalue weighted by molar-refractivity contribution is -0.146. The highest BCUT2D eigenvalue weighted by molar-refractivity contribution is 5.98. The van der Waals surface area contributed by atoms with E-state index in [0.29, 0.717) is 0 Å². The average Bonchev–Trinajstić information content (AvgIpc) is 2.17. The van der Waals surface area contributed by atoms with Gasteiger partial charge in [0.15, 0.2) is 11.9 Å². The molecule has 2 N–H and O–H groups in total. The predicted molar refractivity (Wildman–Crippen MR) is 49.0 cm³/mol. The highest BCUT2D eigenvalue weighted by atomic mass is 19.1. The number of hydrogen-bond donors (Lipinski definition) is 2. The van der Waals surface area contributed by atoms with Gasteiger partial charge in [0.2, 0.25) is 0 Å². The van der Waals surface area contributed by atoms with Gasteiger partial charge in [-0.1, -0.05) is 12.1 Å². The molecule has 0 aromatic heterocycles. The number of ketones is 1. The summed E-state index contributed by atoms with van der Waals surface area (Å²) in [6.45, 7) is 0. The van der Waals surface area contributed by atoms with Gasteiger partial charge in [0, 0.05) is 12.0 Å². The summed E-state index contributed by atoms with van der Waals surface area (Å²) in [7, 11) is 0. The standard InChI is InChI=1S/C10H9FO4/c11-7-3-1-2-6(4-7)8(12)5-9(13)10(14)15/h1-4,9,13H,5H2,(H,14,15)/t9-/m1/s1. The Balaban J connectivity index is 2.73. The van der Waals surface area contributed by atoms with Crippen molar-refractivity contribution in [3.8, 4) is 0 Å². The zero-order valence-corrected chi connectivity index (χ0v) is 7.68. The minimum absolute atomic E-state index is 0.0512. The van der Waals surface area contributed by atoms with Gasteiger partial charge >= 0.3 is 5.97 Å². The van der Waals surface area contributed by atoms with E-state index in [-0.39, 0.29) is 5.56 Å². The topological polar surface area (TPSA) is 74.6 Å². The maximum atomic E-state index is 12.7. The van der Waals surface area contributed by atoms with Crippen molar-refractivity contribution in [2.45, 2.75) is 12.5 Å². The summed E-state index contributed by atoms with van der Waals surface area (Å²) in [4.78, 5) is 21.6. The van der Waals surface area contributed by atoms with Crippen LogP contribution >= 0.6 is 0 Å². The van der Waals surface area contributed by atoms with Crippen molar-refractivity contribution in [2.24, 2.45) is 0 Å². The van der Waals surface area contributed by atoms with Crippen molar-refractivity contribution in [1.29, 1.82) is 0 Å². The van der Waals surface area contributed by atoms with Crippen LogP contribution in [0.1, 0.15) is 16.8 Å². The monoisotopic (exact) mass is 212 g/mol. The van der Waals surface area contributed by atoms with Crippen LogP contribution in [0.5, 0.6) is 0 Å². The Labute approximate surface area is 85.0 Å². The van der Waals surface area contributed by atoms with Crippen LogP contribution in [0, 0.1) is 5.82 Å². The fourth-order valence-electron chi connectivity index (χ4n) is 1.04. The van der Waals surface area contributed by atoms with Crippen LogP contribution in [0.2, 0.25) is 0 Å². The third-order valence-electron chi connectivity index (χ3n) is 1.81. The minimum atomic E-state index is -1.75. The number of carbonyl (C=O) groups is 2. The first-order chi connectivity index (χ1) is 7.00. The third kappa shape index (κ3) is 3.14. The lowest BCUT2D eigenvalue weighted by atomic mass is 10.1. The number of rotatable bonds is 4. The molecule has 0 saturated heterocycles. The van der Waals surface area contributed by atoms with Crippen molar-refractivity contribution in [3.05, 3.63) is 35.6 Å². The molecule has 1 rings (SSSR count). The Morgan fingerprint density at radius 2 is 2.07 bits per heavy atom. The molecule has 80 valence electrons. The van der Waals surface area contributed by atoms with E-state index in [2.05, 4.69) is 0 Å². The van der Waals surface area contributed by atoms with Crippen LogP contribution in [0.15, 0.2) is 24.3 Å². The maximum Gasteiger partial charge on any atom is 0.332 e. The van der Waals surface area contributed by atoms with Gasteiger partial charge in [0.1, 0.15) is 5.82 Å². The molecule has 0 saturated carbocycles. The van der Waals surface area contributed by atoms with E-state index in [9.17, 15) is 14.0 Å². The van der Waals surface area contributed by atoms with E-state index < -0.39 is 30.1 Å². The van der Waals surface area contributed by atoms with Gasteiger partial charge < -0.3 is 10.2 Å². The summed E-state index contributed by atoms with van der Waals surface area (Å²) in [5.41, 5.74) is 0.0512. The molecule has 5 heteroatoms. The predicted octanol–water partition coefficient (Wildman–Crippen LogP) is 0.844. The van der Waals surface area contributed by atoms with Gasteiger partial charge in [-0.25, -0.2) is 9.18 Å². The number of Topliss-reactive ketones (excluding diaryl/α,β-unsaturated/α-hetero) is 1. The van der Waals surface area contributed by atoms with Gasteiger partial charge in [0.05, 0.1) is 0 Å². The molecule has 1 atom stereocenters. The number of hydrogen-bond acceptors (Lipinski definition) is 3. The van der Waals surface area contributed by atoms with Crippen molar-refractivity contribution >= 4 is 11.8 Å². The van der Waals surface area contributed by atoms with Crippen LogP contribution in [0.3, 0.4) is 0 Å². The SMILES string of the molecule is O=C(C[C@@H](O)C(=O)O)c1cccc(F)c1. The molecular weight excluding hydrogens is 203 g/mol. The molecule has 0 fully saturated rings. The Hall–Kier alpha value is -1.75. The molecule has 15 heavy (non-hydrogen) atoms. The van der Waals surface area contributed by atoms with Crippen molar-refractivity contribution < 1.29 is 24.2 Å². The quantitative estimate of drug-likeness (QED) is 0.725. The number of halogens is 1. The zero-order chi connectivity index (χ0) is 11.4. The molecule has 0 aliphatic carbocycles. The van der Waals surface area contributed by atoms with Crippen LogP contribution < -0.4 is 0 Å². The minimum Gasteiger partial charge on any atom is -0.479 e. The van der Waals surface area contributed by atoms with Gasteiger partial charge in [0.25, 0.3) is 0 Å². The van der Waals surface area contributed by atoms with E-state index in [0.717, 1.165) is 6.07 Å². The lowest BCUT2D eigenvalue weighted by Gasteiger charge is -2.04. The van der Waals surface area contributed by atoms with Gasteiger partial charge in [-0.2, -0.15) is 0 Å². The van der Waals surface area contributed by atoms with E-state index in [1.807, 2.05) is 0 Å². The second kappa shape index (κ2) is 4.65. The highest BCUT2D eigenvalue weighted by Crippen LogP contribution is 2.08. The Morgan fingerprint density at radius 1 is 1.40 bits per heavy atom. The number of carboxylic acid groups (broad SMARTS) is 1. The molecule has 1 aromatic carbocycles. The molecule has 0 spiro atoms. The first kappa shape index (κ1) is 11.3. The third-order valence-corrected chi connectivity index (χ3v) is 1.81. The molecular formula is C10H9FO4. The fourth-order valence-corrected chi connectivity index (χ4v) is 1.04. The lowest BCUT2D eigenvalue weighted by Crippen LogP contribution is -2.23. The first-order valence-electron chi connectivity index (χ1n) is 4.20. The highest BCUT2D eigenvalue weighted by Gasteiger charge is 2.18. The smallest absolute Gasteiger partial charge is 0.332 e. The van der Waals surface area contributed by atoms with Gasteiger partial charge in [-0.3, -0.25) is 4.79 Å². The molecule has 4 nitrogen and oxygen atoms in total. The van der Waals surface area contributed by atoms with Crippen molar-refractivity contribution in [2.75, 3.05) is 0 Å². The van der Waals surface area contributed by atoms with Crippen molar-refractivity contribution in [1.82, 2.24) is 0 Å². The first-order valence-corrected chi connectivity index (χ1v) is 4.20. The van der Waals surface area contributed by atoms with E-state index in [4.69, 9.17) is 10.2 Å². The normalized spacial score (nSPS) is 12.1. The number of carbonyl (C=O) groups excluding carboxylic acids is 1. The molecule has 0 heterocycles. The zero-order valence-electron chi connectivity index (χ0n) is 7.68. The summed E-state index contributed by atoms with van der Waals surface area (Å²) in [5.74, 6) is -2.66. The molecule has 0 amide bonds. The molecule has 0 aliphatic heterocycles. The number of aliphatic hydroxyl groups excluding tert-OH is 1. The maximum absolute atomic E-state index is 12.7.